The molecular formula is C11H17N3O3S. The minimum Gasteiger partial charge on any atom is -0.387 e. The zero-order valence-electron chi connectivity index (χ0n) is 10.2. The minimum atomic E-state index is -3.56. The van der Waals surface area contributed by atoms with Crippen LogP contribution in [0.2, 0.25) is 0 Å². The van der Waals surface area contributed by atoms with Crippen LogP contribution in [0.5, 0.6) is 0 Å². The Hall–Kier alpha value is -1.18. The van der Waals surface area contributed by atoms with Crippen LogP contribution in [-0.2, 0) is 14.8 Å². The molecule has 1 atom stereocenters. The maximum Gasteiger partial charge on any atom is 0.244 e. The van der Waals surface area contributed by atoms with Crippen LogP contribution in [0.15, 0.2) is 23.4 Å². The lowest BCUT2D eigenvalue weighted by Crippen LogP contribution is -2.40. The number of ether oxygens (including phenoxy) is 1. The molecule has 2 rings (SSSR count). The topological polar surface area (TPSA) is 80.3 Å². The maximum atomic E-state index is 12.2. The molecule has 1 saturated heterocycles. The van der Waals surface area contributed by atoms with Gasteiger partial charge in [0.1, 0.15) is 4.90 Å². The van der Waals surface area contributed by atoms with Gasteiger partial charge in [-0.05, 0) is 18.9 Å². The first-order chi connectivity index (χ1) is 8.63. The van der Waals surface area contributed by atoms with Crippen LogP contribution in [-0.4, -0.2) is 39.7 Å². The van der Waals surface area contributed by atoms with Crippen LogP contribution in [0, 0.1) is 0 Å². The van der Waals surface area contributed by atoms with Crippen molar-refractivity contribution in [3.05, 3.63) is 18.5 Å². The van der Waals surface area contributed by atoms with Crippen molar-refractivity contribution in [1.82, 2.24) is 9.71 Å². The van der Waals surface area contributed by atoms with E-state index in [0.29, 0.717) is 18.9 Å². The normalized spacial score (nSPS) is 20.6. The molecule has 18 heavy (non-hydrogen) atoms. The number of sulfonamides is 1. The number of hydrogen-bond donors (Lipinski definition) is 2. The molecule has 0 saturated carbocycles. The summed E-state index contributed by atoms with van der Waals surface area (Å²) in [4.78, 5) is 4.03. The van der Waals surface area contributed by atoms with Gasteiger partial charge in [0.05, 0.1) is 12.3 Å². The molecule has 1 aliphatic heterocycles. The highest BCUT2D eigenvalue weighted by Gasteiger charge is 2.24. The quantitative estimate of drug-likeness (QED) is 0.837. The highest BCUT2D eigenvalue weighted by Crippen LogP contribution is 2.20. The molecule has 2 heterocycles. The lowest BCUT2D eigenvalue weighted by molar-refractivity contribution is 0.0774. The molecule has 0 spiro atoms. The summed E-state index contributed by atoms with van der Waals surface area (Å²) in [7, 11) is -1.88. The fourth-order valence-electron chi connectivity index (χ4n) is 1.92. The average molecular weight is 271 g/mol. The van der Waals surface area contributed by atoms with Gasteiger partial charge in [0.2, 0.25) is 10.0 Å². The van der Waals surface area contributed by atoms with Crippen LogP contribution in [0.4, 0.5) is 5.69 Å². The third-order valence-corrected chi connectivity index (χ3v) is 4.37. The number of hydrogen-bond acceptors (Lipinski definition) is 5. The molecule has 100 valence electrons. The third-order valence-electron chi connectivity index (χ3n) is 2.83. The Balaban J connectivity index is 2.19. The lowest BCUT2D eigenvalue weighted by Gasteiger charge is -2.23. The smallest absolute Gasteiger partial charge is 0.244 e. The summed E-state index contributed by atoms with van der Waals surface area (Å²) >= 11 is 0. The monoisotopic (exact) mass is 271 g/mol. The number of rotatable bonds is 4. The summed E-state index contributed by atoms with van der Waals surface area (Å²) in [6.07, 6.45) is 4.57. The van der Waals surface area contributed by atoms with Gasteiger partial charge in [-0.15, -0.1) is 0 Å². The lowest BCUT2D eigenvalue weighted by atomic mass is 10.1. The minimum absolute atomic E-state index is 0.159. The highest BCUT2D eigenvalue weighted by molar-refractivity contribution is 7.89. The van der Waals surface area contributed by atoms with E-state index < -0.39 is 10.0 Å². The van der Waals surface area contributed by atoms with Gasteiger partial charge < -0.3 is 10.1 Å². The van der Waals surface area contributed by atoms with Crippen molar-refractivity contribution in [1.29, 1.82) is 0 Å². The molecule has 7 heteroatoms. The molecule has 2 N–H and O–H groups in total. The van der Waals surface area contributed by atoms with E-state index in [-0.39, 0.29) is 10.9 Å². The predicted octanol–water partition coefficient (Wildman–Crippen LogP) is 0.581. The van der Waals surface area contributed by atoms with Gasteiger partial charge in [-0.3, -0.25) is 4.98 Å². The van der Waals surface area contributed by atoms with Gasteiger partial charge in [-0.2, -0.15) is 0 Å². The van der Waals surface area contributed by atoms with E-state index in [1.807, 2.05) is 0 Å². The fraction of sp³-hybridized carbons (Fsp3) is 0.545. The first-order valence-corrected chi connectivity index (χ1v) is 7.33. The van der Waals surface area contributed by atoms with E-state index >= 15 is 0 Å². The van der Waals surface area contributed by atoms with Gasteiger partial charge in [0.25, 0.3) is 0 Å². The van der Waals surface area contributed by atoms with E-state index in [2.05, 4.69) is 15.0 Å². The molecule has 0 radical (unpaired) electrons. The number of nitrogens with zero attached hydrogens (tertiary/aromatic N) is 1. The second-order valence-corrected chi connectivity index (χ2v) is 5.84. The van der Waals surface area contributed by atoms with Crippen molar-refractivity contribution in [2.24, 2.45) is 0 Å². The molecule has 0 aliphatic carbocycles. The van der Waals surface area contributed by atoms with Crippen molar-refractivity contribution in [2.45, 2.75) is 23.8 Å². The number of aromatic nitrogens is 1. The molecule has 1 aromatic heterocycles. The molecule has 6 nitrogen and oxygen atoms in total. The molecule has 1 aromatic rings. The van der Waals surface area contributed by atoms with Gasteiger partial charge in [-0.25, -0.2) is 13.1 Å². The Kier molecular flexibility index (Phi) is 4.15. The third kappa shape index (κ3) is 2.98. The Morgan fingerprint density at radius 3 is 3.00 bits per heavy atom. The average Bonchev–Trinajstić information content (AvgIpc) is 2.39. The first kappa shape index (κ1) is 13.3. The van der Waals surface area contributed by atoms with Gasteiger partial charge in [-0.1, -0.05) is 0 Å². The molecular weight excluding hydrogens is 254 g/mol. The summed E-state index contributed by atoms with van der Waals surface area (Å²) in [5.41, 5.74) is 0.536. The summed E-state index contributed by atoms with van der Waals surface area (Å²) in [6, 6.07) is 1.47. The second-order valence-electron chi connectivity index (χ2n) is 4.16. The highest BCUT2D eigenvalue weighted by atomic mass is 32.2. The number of nitrogens with one attached hydrogen (secondary N) is 2. The van der Waals surface area contributed by atoms with Crippen LogP contribution in [0.1, 0.15) is 12.8 Å². The van der Waals surface area contributed by atoms with Crippen LogP contribution >= 0.6 is 0 Å². The van der Waals surface area contributed by atoms with Crippen molar-refractivity contribution in [3.63, 3.8) is 0 Å². The largest absolute Gasteiger partial charge is 0.387 e. The second kappa shape index (κ2) is 5.64. The number of pyridine rings is 1. The van der Waals surface area contributed by atoms with E-state index in [0.717, 1.165) is 12.8 Å². The van der Waals surface area contributed by atoms with Gasteiger partial charge in [0.15, 0.2) is 0 Å². The zero-order valence-corrected chi connectivity index (χ0v) is 11.0. The van der Waals surface area contributed by atoms with Gasteiger partial charge >= 0.3 is 0 Å². The maximum absolute atomic E-state index is 12.2. The SMILES string of the molecule is CNc1ccncc1S(=O)(=O)NC1CCCOC1. The summed E-state index contributed by atoms with van der Waals surface area (Å²) < 4.78 is 32.4. The summed E-state index contributed by atoms with van der Waals surface area (Å²) in [5, 5.41) is 2.85. The molecule has 1 fully saturated rings. The van der Waals surface area contributed by atoms with Crippen molar-refractivity contribution in [3.8, 4) is 0 Å². The van der Waals surface area contributed by atoms with E-state index in [9.17, 15) is 8.42 Å². The Morgan fingerprint density at radius 1 is 1.50 bits per heavy atom. The van der Waals surface area contributed by atoms with E-state index in [1.165, 1.54) is 6.20 Å². The predicted molar refractivity (Wildman–Crippen MR) is 67.9 cm³/mol. The fourth-order valence-corrected chi connectivity index (χ4v) is 3.33. The first-order valence-electron chi connectivity index (χ1n) is 5.85. The molecule has 1 aliphatic rings. The Labute approximate surface area is 107 Å². The zero-order chi connectivity index (χ0) is 13.0. The van der Waals surface area contributed by atoms with Crippen LogP contribution in [0.25, 0.3) is 0 Å². The number of anilines is 1. The Bertz CT molecular complexity index is 498. The summed E-state index contributed by atoms with van der Waals surface area (Å²) in [6.45, 7) is 1.13. The molecule has 0 amide bonds. The van der Waals surface area contributed by atoms with E-state index in [4.69, 9.17) is 4.74 Å². The van der Waals surface area contributed by atoms with Crippen LogP contribution in [0.3, 0.4) is 0 Å². The standard InChI is InChI=1S/C11H17N3O3S/c1-12-10-4-5-13-7-11(10)18(15,16)14-9-3-2-6-17-8-9/h4-5,7,9,14H,2-3,6,8H2,1H3,(H,12,13). The summed E-state index contributed by atoms with van der Waals surface area (Å²) in [5.74, 6) is 0. The molecule has 0 aromatic carbocycles. The van der Waals surface area contributed by atoms with Crippen molar-refractivity contribution < 1.29 is 13.2 Å². The molecule has 0 bridgehead atoms. The molecule has 1 unspecified atom stereocenters. The van der Waals surface area contributed by atoms with Crippen molar-refractivity contribution in [2.75, 3.05) is 25.6 Å². The van der Waals surface area contributed by atoms with Gasteiger partial charge in [0, 0.05) is 32.1 Å². The van der Waals surface area contributed by atoms with Crippen LogP contribution < -0.4 is 10.0 Å². The van der Waals surface area contributed by atoms with Crippen molar-refractivity contribution >= 4 is 15.7 Å². The Morgan fingerprint density at radius 2 is 2.33 bits per heavy atom. The van der Waals surface area contributed by atoms with E-state index in [1.54, 1.807) is 19.3 Å².